The molecule has 0 aliphatic heterocycles. The highest BCUT2D eigenvalue weighted by atomic mass is 16.4. The van der Waals surface area contributed by atoms with Crippen molar-refractivity contribution >= 4 is 0 Å². The first-order valence-electron chi connectivity index (χ1n) is 6.54. The van der Waals surface area contributed by atoms with Crippen molar-refractivity contribution in [3.63, 3.8) is 0 Å². The largest absolute Gasteiger partial charge is 0.466 e. The van der Waals surface area contributed by atoms with E-state index in [1.165, 1.54) is 6.39 Å². The molecule has 0 aliphatic rings. The maximum atomic E-state index is 5.66. The molecule has 0 bridgehead atoms. The first kappa shape index (κ1) is 13.9. The summed E-state index contributed by atoms with van der Waals surface area (Å²) < 4.78 is 11.2. The van der Waals surface area contributed by atoms with Crippen LogP contribution in [0.1, 0.15) is 43.5 Å². The van der Waals surface area contributed by atoms with E-state index < -0.39 is 0 Å². The molecule has 2 aromatic rings. The van der Waals surface area contributed by atoms with Crippen LogP contribution in [-0.2, 0) is 6.54 Å². The summed E-state index contributed by atoms with van der Waals surface area (Å²) >= 11 is 0. The summed E-state index contributed by atoms with van der Waals surface area (Å²) in [5.74, 6) is 2.62. The van der Waals surface area contributed by atoms with Crippen LogP contribution in [0.2, 0.25) is 0 Å². The van der Waals surface area contributed by atoms with Gasteiger partial charge >= 0.3 is 0 Å². The van der Waals surface area contributed by atoms with Crippen molar-refractivity contribution in [2.24, 2.45) is 0 Å². The average molecular weight is 262 g/mol. The lowest BCUT2D eigenvalue weighted by atomic mass is 10.1. The Balaban J connectivity index is 2.34. The molecule has 0 fully saturated rings. The van der Waals surface area contributed by atoms with E-state index in [1.807, 2.05) is 20.8 Å². The van der Waals surface area contributed by atoms with Crippen LogP contribution in [0, 0.1) is 20.8 Å². The Morgan fingerprint density at radius 1 is 1.16 bits per heavy atom. The molecular weight excluding hydrogens is 240 g/mol. The Hall–Kier alpha value is -1.55. The monoisotopic (exact) mass is 262 g/mol. The van der Waals surface area contributed by atoms with Crippen LogP contribution in [-0.4, -0.2) is 10.5 Å². The Morgan fingerprint density at radius 2 is 1.84 bits per heavy atom. The minimum absolute atomic E-state index is 0.0482. The fourth-order valence-electron chi connectivity index (χ4n) is 2.07. The molecule has 0 atom stereocenters. The van der Waals surface area contributed by atoms with E-state index in [4.69, 9.17) is 8.83 Å². The lowest BCUT2D eigenvalue weighted by Gasteiger charge is -2.19. The normalized spacial score (nSPS) is 12.1. The molecule has 0 aliphatic carbocycles. The van der Waals surface area contributed by atoms with Gasteiger partial charge in [-0.2, -0.15) is 0 Å². The lowest BCUT2D eigenvalue weighted by molar-refractivity contribution is 0.421. The average Bonchev–Trinajstić information content (AvgIpc) is 2.82. The third-order valence-corrected chi connectivity index (χ3v) is 3.22. The summed E-state index contributed by atoms with van der Waals surface area (Å²) in [5, 5.41) is 3.43. The van der Waals surface area contributed by atoms with Crippen molar-refractivity contribution in [3.05, 3.63) is 29.2 Å². The van der Waals surface area contributed by atoms with E-state index in [9.17, 15) is 0 Å². The van der Waals surface area contributed by atoms with Gasteiger partial charge in [-0.15, -0.1) is 0 Å². The maximum Gasteiger partial charge on any atom is 0.181 e. The van der Waals surface area contributed by atoms with E-state index >= 15 is 0 Å². The lowest BCUT2D eigenvalue weighted by Crippen LogP contribution is -2.35. The number of nitrogens with one attached hydrogen (secondary N) is 1. The highest BCUT2D eigenvalue weighted by Crippen LogP contribution is 2.33. The van der Waals surface area contributed by atoms with Gasteiger partial charge in [-0.3, -0.25) is 0 Å². The van der Waals surface area contributed by atoms with Gasteiger partial charge in [0, 0.05) is 17.6 Å². The zero-order valence-electron chi connectivity index (χ0n) is 12.5. The molecule has 0 aromatic carbocycles. The summed E-state index contributed by atoms with van der Waals surface area (Å²) in [6.45, 7) is 13.0. The second-order valence-electron chi connectivity index (χ2n) is 5.95. The molecule has 2 rings (SSSR count). The summed E-state index contributed by atoms with van der Waals surface area (Å²) in [5.41, 5.74) is 3.11. The van der Waals surface area contributed by atoms with E-state index in [0.29, 0.717) is 6.54 Å². The number of aromatic nitrogens is 1. The van der Waals surface area contributed by atoms with Crippen molar-refractivity contribution in [1.82, 2.24) is 10.3 Å². The van der Waals surface area contributed by atoms with Crippen molar-refractivity contribution in [1.29, 1.82) is 0 Å². The van der Waals surface area contributed by atoms with Crippen LogP contribution in [0.3, 0.4) is 0 Å². The number of furan rings is 1. The molecular formula is C15H22N2O2. The van der Waals surface area contributed by atoms with Crippen LogP contribution < -0.4 is 5.32 Å². The number of hydrogen-bond donors (Lipinski definition) is 1. The van der Waals surface area contributed by atoms with Crippen molar-refractivity contribution in [3.8, 4) is 11.3 Å². The predicted molar refractivity (Wildman–Crippen MR) is 75.0 cm³/mol. The molecule has 1 N–H and O–H groups in total. The van der Waals surface area contributed by atoms with Gasteiger partial charge in [0.15, 0.2) is 12.2 Å². The van der Waals surface area contributed by atoms with Gasteiger partial charge < -0.3 is 14.2 Å². The second-order valence-corrected chi connectivity index (χ2v) is 5.95. The fraction of sp³-hybridized carbons (Fsp3) is 0.533. The van der Waals surface area contributed by atoms with Gasteiger partial charge in [0.2, 0.25) is 0 Å². The van der Waals surface area contributed by atoms with Crippen LogP contribution in [0.5, 0.6) is 0 Å². The minimum Gasteiger partial charge on any atom is -0.466 e. The van der Waals surface area contributed by atoms with Gasteiger partial charge in [0.25, 0.3) is 0 Å². The van der Waals surface area contributed by atoms with E-state index in [1.54, 1.807) is 0 Å². The van der Waals surface area contributed by atoms with Crippen LogP contribution in [0.25, 0.3) is 11.3 Å². The molecule has 0 saturated heterocycles. The third kappa shape index (κ3) is 2.89. The van der Waals surface area contributed by atoms with Gasteiger partial charge in [-0.05, 0) is 41.5 Å². The first-order valence-corrected chi connectivity index (χ1v) is 6.54. The number of hydrogen-bond acceptors (Lipinski definition) is 4. The van der Waals surface area contributed by atoms with Crippen LogP contribution in [0.15, 0.2) is 15.2 Å². The summed E-state index contributed by atoms with van der Waals surface area (Å²) in [4.78, 5) is 4.32. The number of aryl methyl sites for hydroxylation is 2. The molecule has 0 saturated carbocycles. The quantitative estimate of drug-likeness (QED) is 0.915. The Kier molecular flexibility index (Phi) is 3.54. The summed E-state index contributed by atoms with van der Waals surface area (Å²) in [6.07, 6.45) is 1.50. The standard InChI is InChI=1S/C15H22N2O2/c1-9-10(2)19-11(3)13(9)14-12(16-8-18-14)7-17-15(4,5)6/h8,17H,7H2,1-6H3. The van der Waals surface area contributed by atoms with E-state index in [-0.39, 0.29) is 5.54 Å². The molecule has 104 valence electrons. The molecule has 4 heteroatoms. The molecule has 2 aromatic heterocycles. The zero-order chi connectivity index (χ0) is 14.2. The van der Waals surface area contributed by atoms with Gasteiger partial charge in [0.1, 0.15) is 17.2 Å². The number of oxazole rings is 1. The Morgan fingerprint density at radius 3 is 2.37 bits per heavy atom. The first-order chi connectivity index (χ1) is 8.79. The molecule has 0 spiro atoms. The second kappa shape index (κ2) is 4.85. The van der Waals surface area contributed by atoms with Gasteiger partial charge in [-0.25, -0.2) is 4.98 Å². The molecule has 0 unspecified atom stereocenters. The predicted octanol–water partition coefficient (Wildman–Crippen LogP) is 3.75. The van der Waals surface area contributed by atoms with Crippen molar-refractivity contribution < 1.29 is 8.83 Å². The zero-order valence-corrected chi connectivity index (χ0v) is 12.5. The van der Waals surface area contributed by atoms with Crippen LogP contribution >= 0.6 is 0 Å². The molecule has 2 heterocycles. The third-order valence-electron chi connectivity index (χ3n) is 3.22. The van der Waals surface area contributed by atoms with E-state index in [0.717, 1.165) is 34.1 Å². The molecule has 0 amide bonds. The number of rotatable bonds is 3. The highest BCUT2D eigenvalue weighted by molar-refractivity contribution is 5.67. The van der Waals surface area contributed by atoms with E-state index in [2.05, 4.69) is 31.1 Å². The Bertz CT molecular complexity index is 573. The number of nitrogens with zero attached hydrogens (tertiary/aromatic N) is 1. The highest BCUT2D eigenvalue weighted by Gasteiger charge is 2.21. The van der Waals surface area contributed by atoms with Crippen molar-refractivity contribution in [2.75, 3.05) is 0 Å². The minimum atomic E-state index is 0.0482. The maximum absolute atomic E-state index is 5.66. The van der Waals surface area contributed by atoms with Gasteiger partial charge in [-0.1, -0.05) is 0 Å². The molecule has 0 radical (unpaired) electrons. The smallest absolute Gasteiger partial charge is 0.181 e. The SMILES string of the molecule is Cc1oc(C)c(-c2ocnc2CNC(C)(C)C)c1C. The summed E-state index contributed by atoms with van der Waals surface area (Å²) in [7, 11) is 0. The summed E-state index contributed by atoms with van der Waals surface area (Å²) in [6, 6.07) is 0. The van der Waals surface area contributed by atoms with Crippen molar-refractivity contribution in [2.45, 2.75) is 53.6 Å². The topological polar surface area (TPSA) is 51.2 Å². The van der Waals surface area contributed by atoms with Crippen LogP contribution in [0.4, 0.5) is 0 Å². The van der Waals surface area contributed by atoms with Gasteiger partial charge in [0.05, 0.1) is 5.56 Å². The Labute approximate surface area is 114 Å². The molecule has 19 heavy (non-hydrogen) atoms. The molecule has 4 nitrogen and oxygen atoms in total. The fourth-order valence-corrected chi connectivity index (χ4v) is 2.07.